The van der Waals surface area contributed by atoms with Gasteiger partial charge in [-0.15, -0.1) is 0 Å². The molecule has 0 saturated carbocycles. The van der Waals surface area contributed by atoms with Crippen molar-refractivity contribution in [1.82, 2.24) is 20.0 Å². The smallest absolute Gasteiger partial charge is 0.318 e. The van der Waals surface area contributed by atoms with Gasteiger partial charge in [0.15, 0.2) is 0 Å². The van der Waals surface area contributed by atoms with Crippen molar-refractivity contribution in [2.45, 2.75) is 38.8 Å². The van der Waals surface area contributed by atoms with Crippen LogP contribution in [0.2, 0.25) is 0 Å². The lowest BCUT2D eigenvalue weighted by Crippen LogP contribution is -2.47. The van der Waals surface area contributed by atoms with Gasteiger partial charge in [-0.1, -0.05) is 0 Å². The highest BCUT2D eigenvalue weighted by Gasteiger charge is 2.27. The van der Waals surface area contributed by atoms with Crippen molar-refractivity contribution in [2.75, 3.05) is 26.8 Å². The monoisotopic (exact) mass is 346 g/mol. The fourth-order valence-corrected chi connectivity index (χ4v) is 3.23. The largest absolute Gasteiger partial charge is 0.464 e. The highest BCUT2D eigenvalue weighted by atomic mass is 16.5. The molecule has 0 aliphatic carbocycles. The molecular formula is C18H26N4O3. The third-order valence-corrected chi connectivity index (χ3v) is 4.52. The molecule has 0 radical (unpaired) electrons. The first-order valence-electron chi connectivity index (χ1n) is 8.68. The number of nitrogens with zero attached hydrogens (tertiary/aromatic N) is 3. The number of furan rings is 1. The molecule has 0 bridgehead atoms. The maximum absolute atomic E-state index is 12.7. The summed E-state index contributed by atoms with van der Waals surface area (Å²) in [5.41, 5.74) is 1.13. The van der Waals surface area contributed by atoms with Gasteiger partial charge in [0.2, 0.25) is 0 Å². The molecule has 7 nitrogen and oxygen atoms in total. The summed E-state index contributed by atoms with van der Waals surface area (Å²) >= 11 is 0. The van der Waals surface area contributed by atoms with Gasteiger partial charge in [-0.25, -0.2) is 4.79 Å². The Balaban J connectivity index is 1.64. The van der Waals surface area contributed by atoms with E-state index in [9.17, 15) is 4.79 Å². The summed E-state index contributed by atoms with van der Waals surface area (Å²) in [4.78, 5) is 14.6. The average molecular weight is 346 g/mol. The molecule has 1 aliphatic rings. The van der Waals surface area contributed by atoms with Gasteiger partial charge in [-0.3, -0.25) is 4.68 Å². The van der Waals surface area contributed by atoms with Crippen molar-refractivity contribution in [3.05, 3.63) is 41.6 Å². The average Bonchev–Trinajstić information content (AvgIpc) is 3.23. The highest BCUT2D eigenvalue weighted by Crippen LogP contribution is 2.22. The summed E-state index contributed by atoms with van der Waals surface area (Å²) in [7, 11) is 1.62. The second-order valence-corrected chi connectivity index (χ2v) is 6.65. The van der Waals surface area contributed by atoms with Gasteiger partial charge in [0, 0.05) is 26.4 Å². The van der Waals surface area contributed by atoms with Crippen molar-refractivity contribution in [3.8, 4) is 0 Å². The molecule has 1 saturated heterocycles. The summed E-state index contributed by atoms with van der Waals surface area (Å²) in [6.07, 6.45) is 5.88. The molecule has 2 unspecified atom stereocenters. The van der Waals surface area contributed by atoms with Crippen LogP contribution in [0, 0.1) is 13.8 Å². The van der Waals surface area contributed by atoms with Crippen LogP contribution >= 0.6 is 0 Å². The van der Waals surface area contributed by atoms with Gasteiger partial charge >= 0.3 is 6.03 Å². The van der Waals surface area contributed by atoms with E-state index in [0.29, 0.717) is 18.9 Å². The molecule has 0 aromatic carbocycles. The van der Waals surface area contributed by atoms with E-state index in [2.05, 4.69) is 10.4 Å². The Labute approximate surface area is 147 Å². The third kappa shape index (κ3) is 4.22. The Morgan fingerprint density at radius 1 is 1.48 bits per heavy atom. The molecule has 3 heterocycles. The van der Waals surface area contributed by atoms with Crippen LogP contribution in [0.25, 0.3) is 0 Å². The molecule has 3 rings (SSSR count). The minimum absolute atomic E-state index is 0.0929. The normalized spacial score (nSPS) is 19.0. The lowest BCUT2D eigenvalue weighted by Gasteiger charge is -2.33. The molecule has 0 spiro atoms. The Morgan fingerprint density at radius 2 is 2.32 bits per heavy atom. The Kier molecular flexibility index (Phi) is 5.43. The summed E-state index contributed by atoms with van der Waals surface area (Å²) < 4.78 is 12.9. The van der Waals surface area contributed by atoms with Crippen molar-refractivity contribution < 1.29 is 13.9 Å². The fourth-order valence-electron chi connectivity index (χ4n) is 3.23. The molecule has 1 fully saturated rings. The molecule has 2 aromatic rings. The van der Waals surface area contributed by atoms with Crippen molar-refractivity contribution in [3.63, 3.8) is 0 Å². The number of ether oxygens (including phenoxy) is 1. The van der Waals surface area contributed by atoms with Crippen LogP contribution in [0.4, 0.5) is 4.79 Å². The number of aryl methyl sites for hydroxylation is 2. The molecular weight excluding hydrogens is 320 g/mol. The second kappa shape index (κ2) is 7.74. The van der Waals surface area contributed by atoms with Gasteiger partial charge in [0.05, 0.1) is 18.8 Å². The molecule has 1 N–H and O–H groups in total. The quantitative estimate of drug-likeness (QED) is 0.903. The predicted molar refractivity (Wildman–Crippen MR) is 93.4 cm³/mol. The zero-order valence-corrected chi connectivity index (χ0v) is 15.1. The topological polar surface area (TPSA) is 72.5 Å². The van der Waals surface area contributed by atoms with Crippen LogP contribution in [-0.4, -0.2) is 47.5 Å². The second-order valence-electron chi connectivity index (χ2n) is 6.65. The van der Waals surface area contributed by atoms with Crippen LogP contribution in [-0.2, 0) is 4.74 Å². The number of likely N-dealkylation sites (tertiary alicyclic amines) is 1. The van der Waals surface area contributed by atoms with Crippen LogP contribution < -0.4 is 5.32 Å². The fraction of sp³-hybridized carbons (Fsp3) is 0.556. The number of rotatable bonds is 5. The molecule has 2 amide bonds. The highest BCUT2D eigenvalue weighted by molar-refractivity contribution is 5.74. The Hall–Kier alpha value is -2.28. The van der Waals surface area contributed by atoms with Crippen molar-refractivity contribution in [2.24, 2.45) is 0 Å². The minimum atomic E-state index is -0.293. The lowest BCUT2D eigenvalue weighted by atomic mass is 10.1. The van der Waals surface area contributed by atoms with Crippen LogP contribution in [0.5, 0.6) is 0 Å². The van der Waals surface area contributed by atoms with Gasteiger partial charge in [0.1, 0.15) is 17.6 Å². The van der Waals surface area contributed by atoms with Crippen LogP contribution in [0.1, 0.15) is 42.0 Å². The van der Waals surface area contributed by atoms with Crippen molar-refractivity contribution >= 4 is 6.03 Å². The van der Waals surface area contributed by atoms with Crippen LogP contribution in [0.15, 0.2) is 28.9 Å². The Bertz CT molecular complexity index is 709. The number of nitrogens with one attached hydrogen (secondary N) is 1. The number of hydrogen-bond acceptors (Lipinski definition) is 4. The number of amides is 2. The standard InChI is InChI=1S/C18H26N4O3/c1-13-9-19-22(10-13)15-5-4-8-21(11-15)18(23)20-16(12-24-3)17-7-6-14(2)25-17/h6-7,9-10,15-16H,4-5,8,11-12H2,1-3H3,(H,20,23). The van der Waals surface area contributed by atoms with E-state index in [4.69, 9.17) is 9.15 Å². The first kappa shape index (κ1) is 17.5. The van der Waals surface area contributed by atoms with Gasteiger partial charge < -0.3 is 19.4 Å². The molecule has 2 aromatic heterocycles. The van der Waals surface area contributed by atoms with E-state index in [-0.39, 0.29) is 18.1 Å². The predicted octanol–water partition coefficient (Wildman–Crippen LogP) is 2.83. The third-order valence-electron chi connectivity index (χ3n) is 4.52. The van der Waals surface area contributed by atoms with Gasteiger partial charge in [-0.2, -0.15) is 5.10 Å². The van der Waals surface area contributed by atoms with Gasteiger partial charge in [0.25, 0.3) is 0 Å². The summed E-state index contributed by atoms with van der Waals surface area (Å²) in [5, 5.41) is 7.43. The lowest BCUT2D eigenvalue weighted by molar-refractivity contribution is 0.135. The molecule has 136 valence electrons. The van der Waals surface area contributed by atoms with E-state index in [1.807, 2.05) is 48.0 Å². The molecule has 25 heavy (non-hydrogen) atoms. The number of carbonyl (C=O) groups excluding carboxylic acids is 1. The molecule has 7 heteroatoms. The minimum Gasteiger partial charge on any atom is -0.464 e. The van der Waals surface area contributed by atoms with E-state index < -0.39 is 0 Å². The number of urea groups is 1. The zero-order valence-electron chi connectivity index (χ0n) is 15.1. The number of aromatic nitrogens is 2. The molecule has 1 aliphatic heterocycles. The number of piperidine rings is 1. The number of carbonyl (C=O) groups is 1. The number of hydrogen-bond donors (Lipinski definition) is 1. The maximum Gasteiger partial charge on any atom is 0.318 e. The van der Waals surface area contributed by atoms with E-state index >= 15 is 0 Å². The SMILES string of the molecule is COCC(NC(=O)N1CCCC(n2cc(C)cn2)C1)c1ccc(C)o1. The summed E-state index contributed by atoms with van der Waals surface area (Å²) in [5.74, 6) is 1.53. The van der Waals surface area contributed by atoms with Crippen LogP contribution in [0.3, 0.4) is 0 Å². The first-order chi connectivity index (χ1) is 12.1. The van der Waals surface area contributed by atoms with E-state index in [1.54, 1.807) is 7.11 Å². The Morgan fingerprint density at radius 3 is 2.96 bits per heavy atom. The van der Waals surface area contributed by atoms with E-state index in [0.717, 1.165) is 30.7 Å². The first-order valence-corrected chi connectivity index (χ1v) is 8.68. The van der Waals surface area contributed by atoms with Crippen molar-refractivity contribution in [1.29, 1.82) is 0 Å². The van der Waals surface area contributed by atoms with Gasteiger partial charge in [-0.05, 0) is 44.4 Å². The van der Waals surface area contributed by atoms with E-state index in [1.165, 1.54) is 0 Å². The summed E-state index contributed by atoms with van der Waals surface area (Å²) in [6.45, 7) is 5.69. The maximum atomic E-state index is 12.7. The number of methoxy groups -OCH3 is 1. The molecule has 2 atom stereocenters. The zero-order chi connectivity index (χ0) is 17.8. The summed E-state index contributed by atoms with van der Waals surface area (Å²) in [6, 6.07) is 3.61.